The first-order valence-electron chi connectivity index (χ1n) is 7.53. The molecule has 6 heteroatoms. The molecule has 0 spiro atoms. The van der Waals surface area contributed by atoms with Gasteiger partial charge in [0.1, 0.15) is 16.1 Å². The van der Waals surface area contributed by atoms with E-state index in [2.05, 4.69) is 4.98 Å². The van der Waals surface area contributed by atoms with E-state index in [4.69, 9.17) is 9.47 Å². The zero-order chi connectivity index (χ0) is 17.3. The largest absolute Gasteiger partial charge is 0.496 e. The second-order valence-corrected chi connectivity index (χ2v) is 6.23. The molecule has 0 aliphatic heterocycles. The van der Waals surface area contributed by atoms with Crippen LogP contribution in [0.1, 0.15) is 22.8 Å². The Morgan fingerprint density at radius 3 is 2.75 bits per heavy atom. The SMILES string of the molecule is CCOC(=O)c1c[nH]c2sc(-c3ccccc3OC)c(C)c2c1=O. The molecule has 0 fully saturated rings. The van der Waals surface area contributed by atoms with E-state index in [1.165, 1.54) is 17.5 Å². The van der Waals surface area contributed by atoms with Crippen LogP contribution in [-0.2, 0) is 4.74 Å². The number of pyridine rings is 1. The molecule has 3 rings (SSSR count). The standard InChI is InChI=1S/C18H17NO4S/c1-4-23-18(21)12-9-19-17-14(15(12)20)10(2)16(24-17)11-7-5-6-8-13(11)22-3/h5-9H,4H2,1-3H3,(H,19,20). The monoisotopic (exact) mass is 343 g/mol. The lowest BCUT2D eigenvalue weighted by Crippen LogP contribution is -2.17. The number of thiophene rings is 1. The summed E-state index contributed by atoms with van der Waals surface area (Å²) in [6, 6.07) is 7.65. The van der Waals surface area contributed by atoms with Crippen molar-refractivity contribution in [2.45, 2.75) is 13.8 Å². The van der Waals surface area contributed by atoms with Crippen LogP contribution in [0.25, 0.3) is 20.7 Å². The predicted octanol–water partition coefficient (Wildman–Crippen LogP) is 3.75. The van der Waals surface area contributed by atoms with Gasteiger partial charge in [0.05, 0.1) is 19.1 Å². The number of H-pyrrole nitrogens is 1. The maximum absolute atomic E-state index is 12.7. The van der Waals surface area contributed by atoms with Gasteiger partial charge in [0.25, 0.3) is 0 Å². The average Bonchev–Trinajstić information content (AvgIpc) is 2.92. The van der Waals surface area contributed by atoms with Crippen LogP contribution in [0.4, 0.5) is 0 Å². The molecule has 3 aromatic rings. The molecule has 0 aliphatic carbocycles. The number of ether oxygens (including phenoxy) is 2. The zero-order valence-electron chi connectivity index (χ0n) is 13.6. The highest BCUT2D eigenvalue weighted by molar-refractivity contribution is 7.22. The fourth-order valence-electron chi connectivity index (χ4n) is 2.68. The van der Waals surface area contributed by atoms with Gasteiger partial charge >= 0.3 is 5.97 Å². The maximum atomic E-state index is 12.7. The van der Waals surface area contributed by atoms with Crippen molar-refractivity contribution in [3.05, 3.63) is 51.8 Å². The van der Waals surface area contributed by atoms with Crippen LogP contribution < -0.4 is 10.2 Å². The van der Waals surface area contributed by atoms with Crippen molar-refractivity contribution in [1.29, 1.82) is 0 Å². The number of carbonyl (C=O) groups is 1. The number of hydrogen-bond donors (Lipinski definition) is 1. The lowest BCUT2D eigenvalue weighted by atomic mass is 10.1. The molecule has 5 nitrogen and oxygen atoms in total. The predicted molar refractivity (Wildman–Crippen MR) is 95.1 cm³/mol. The highest BCUT2D eigenvalue weighted by Gasteiger charge is 2.20. The van der Waals surface area contributed by atoms with Gasteiger partial charge < -0.3 is 14.5 Å². The Labute approximate surface area is 142 Å². The summed E-state index contributed by atoms with van der Waals surface area (Å²) in [5, 5.41) is 0.520. The molecule has 24 heavy (non-hydrogen) atoms. The van der Waals surface area contributed by atoms with Crippen LogP contribution in [0.3, 0.4) is 0 Å². The van der Waals surface area contributed by atoms with Gasteiger partial charge in [-0.2, -0.15) is 0 Å². The van der Waals surface area contributed by atoms with Crippen LogP contribution in [0.5, 0.6) is 5.75 Å². The fourth-order valence-corrected chi connectivity index (χ4v) is 3.88. The molecular weight excluding hydrogens is 326 g/mol. The summed E-state index contributed by atoms with van der Waals surface area (Å²) >= 11 is 1.47. The van der Waals surface area contributed by atoms with E-state index >= 15 is 0 Å². The van der Waals surface area contributed by atoms with E-state index in [1.807, 2.05) is 31.2 Å². The molecule has 0 saturated heterocycles. The minimum Gasteiger partial charge on any atom is -0.496 e. The van der Waals surface area contributed by atoms with Gasteiger partial charge in [-0.05, 0) is 31.5 Å². The van der Waals surface area contributed by atoms with Crippen LogP contribution in [0.15, 0.2) is 35.3 Å². The fraction of sp³-hybridized carbons (Fsp3) is 0.222. The lowest BCUT2D eigenvalue weighted by Gasteiger charge is -2.06. The number of nitrogens with one attached hydrogen (secondary N) is 1. The van der Waals surface area contributed by atoms with Crippen molar-refractivity contribution in [2.75, 3.05) is 13.7 Å². The van der Waals surface area contributed by atoms with Gasteiger partial charge in [-0.3, -0.25) is 4.79 Å². The van der Waals surface area contributed by atoms with Gasteiger partial charge in [0.2, 0.25) is 5.43 Å². The van der Waals surface area contributed by atoms with E-state index in [0.29, 0.717) is 5.39 Å². The molecule has 0 saturated carbocycles. The number of aromatic nitrogens is 1. The van der Waals surface area contributed by atoms with Gasteiger partial charge in [-0.25, -0.2) is 4.79 Å². The van der Waals surface area contributed by atoms with Crippen molar-refractivity contribution in [3.63, 3.8) is 0 Å². The molecule has 2 heterocycles. The highest BCUT2D eigenvalue weighted by atomic mass is 32.1. The number of methoxy groups -OCH3 is 1. The van der Waals surface area contributed by atoms with Crippen LogP contribution in [-0.4, -0.2) is 24.7 Å². The van der Waals surface area contributed by atoms with Gasteiger partial charge in [-0.1, -0.05) is 12.1 Å². The normalized spacial score (nSPS) is 10.8. The topological polar surface area (TPSA) is 68.4 Å². The number of esters is 1. The van der Waals surface area contributed by atoms with Gasteiger partial charge in [-0.15, -0.1) is 11.3 Å². The third-order valence-electron chi connectivity index (χ3n) is 3.81. The molecule has 1 aromatic carbocycles. The summed E-state index contributed by atoms with van der Waals surface area (Å²) < 4.78 is 10.4. The Kier molecular flexibility index (Phi) is 4.40. The zero-order valence-corrected chi connectivity index (χ0v) is 14.5. The van der Waals surface area contributed by atoms with E-state index in [0.717, 1.165) is 26.6 Å². The molecule has 0 amide bonds. The third-order valence-corrected chi connectivity index (χ3v) is 5.07. The quantitative estimate of drug-likeness (QED) is 0.733. The maximum Gasteiger partial charge on any atom is 0.343 e. The molecule has 0 atom stereocenters. The molecule has 0 unspecified atom stereocenters. The molecule has 124 valence electrons. The summed E-state index contributed by atoms with van der Waals surface area (Å²) in [4.78, 5) is 29.4. The lowest BCUT2D eigenvalue weighted by molar-refractivity contribution is 0.0524. The van der Waals surface area contributed by atoms with Crippen LogP contribution in [0, 0.1) is 6.92 Å². The minimum atomic E-state index is -0.606. The van der Waals surface area contributed by atoms with E-state index in [9.17, 15) is 9.59 Å². The smallest absolute Gasteiger partial charge is 0.343 e. The Morgan fingerprint density at radius 1 is 1.29 bits per heavy atom. The first kappa shape index (κ1) is 16.3. The first-order chi connectivity index (χ1) is 11.6. The Bertz CT molecular complexity index is 971. The molecule has 1 N–H and O–H groups in total. The molecule has 0 bridgehead atoms. The molecule has 0 aliphatic rings. The molecule has 0 radical (unpaired) electrons. The number of carbonyl (C=O) groups excluding carboxylic acids is 1. The number of fused-ring (bicyclic) bond motifs is 1. The Balaban J connectivity index is 2.24. The first-order valence-corrected chi connectivity index (χ1v) is 8.35. The Morgan fingerprint density at radius 2 is 2.04 bits per heavy atom. The van der Waals surface area contributed by atoms with Gasteiger partial charge in [0.15, 0.2) is 0 Å². The number of hydrogen-bond acceptors (Lipinski definition) is 5. The van der Waals surface area contributed by atoms with Crippen molar-refractivity contribution in [3.8, 4) is 16.2 Å². The third kappa shape index (κ3) is 2.59. The van der Waals surface area contributed by atoms with Crippen LogP contribution in [0.2, 0.25) is 0 Å². The number of aromatic amines is 1. The number of aryl methyl sites for hydroxylation is 1. The molecular formula is C18H17NO4S. The summed E-state index contributed by atoms with van der Waals surface area (Å²) in [6.45, 7) is 3.82. The Hall–Kier alpha value is -2.60. The summed E-state index contributed by atoms with van der Waals surface area (Å²) in [7, 11) is 1.62. The van der Waals surface area contributed by atoms with E-state index in [-0.39, 0.29) is 17.6 Å². The second-order valence-electron chi connectivity index (χ2n) is 5.21. The van der Waals surface area contributed by atoms with Crippen molar-refractivity contribution >= 4 is 27.5 Å². The number of benzene rings is 1. The van der Waals surface area contributed by atoms with Gasteiger partial charge in [0, 0.05) is 16.6 Å². The van der Waals surface area contributed by atoms with Crippen molar-refractivity contribution in [2.24, 2.45) is 0 Å². The molecule has 2 aromatic heterocycles. The summed E-state index contributed by atoms with van der Waals surface area (Å²) in [5.41, 5.74) is 1.46. The highest BCUT2D eigenvalue weighted by Crippen LogP contribution is 2.40. The van der Waals surface area contributed by atoms with E-state index < -0.39 is 5.97 Å². The second kappa shape index (κ2) is 6.49. The average molecular weight is 343 g/mol. The van der Waals surface area contributed by atoms with Crippen molar-refractivity contribution in [1.82, 2.24) is 4.98 Å². The van der Waals surface area contributed by atoms with E-state index in [1.54, 1.807) is 14.0 Å². The number of rotatable bonds is 4. The minimum absolute atomic E-state index is 0.0248. The summed E-state index contributed by atoms with van der Waals surface area (Å²) in [5.74, 6) is 0.135. The van der Waals surface area contributed by atoms with Crippen LogP contribution >= 0.6 is 11.3 Å². The number of para-hydroxylation sites is 1. The van der Waals surface area contributed by atoms with Crippen molar-refractivity contribution < 1.29 is 14.3 Å². The summed E-state index contributed by atoms with van der Waals surface area (Å²) in [6.07, 6.45) is 1.42.